The van der Waals surface area contributed by atoms with Crippen LogP contribution in [-0.2, 0) is 0 Å². The van der Waals surface area contributed by atoms with Crippen LogP contribution >= 0.6 is 0 Å². The Labute approximate surface area is 112 Å². The van der Waals surface area contributed by atoms with E-state index in [1.807, 2.05) is 0 Å². The maximum Gasteiger partial charge on any atom is 0.335 e. The summed E-state index contributed by atoms with van der Waals surface area (Å²) in [4.78, 5) is 22.5. The van der Waals surface area contributed by atoms with Crippen molar-refractivity contribution in [3.63, 3.8) is 0 Å². The Hall–Kier alpha value is -2.04. The number of amides is 2. The maximum atomic E-state index is 11.7. The number of carbonyl (C=O) groups excluding carboxylic acids is 1. The molecular formula is C14H18N2O3. The van der Waals surface area contributed by atoms with Crippen LogP contribution in [0.25, 0.3) is 0 Å². The van der Waals surface area contributed by atoms with E-state index in [-0.39, 0.29) is 11.6 Å². The van der Waals surface area contributed by atoms with E-state index in [0.29, 0.717) is 18.2 Å². The zero-order valence-electron chi connectivity index (χ0n) is 10.9. The van der Waals surface area contributed by atoms with E-state index < -0.39 is 5.97 Å². The lowest BCUT2D eigenvalue weighted by Crippen LogP contribution is -2.35. The minimum Gasteiger partial charge on any atom is -0.478 e. The molecule has 0 heterocycles. The lowest BCUT2D eigenvalue weighted by atomic mass is 9.85. The van der Waals surface area contributed by atoms with E-state index in [4.69, 9.17) is 5.11 Å². The Kier molecular flexibility index (Phi) is 4.04. The summed E-state index contributed by atoms with van der Waals surface area (Å²) >= 11 is 0. The van der Waals surface area contributed by atoms with Crippen LogP contribution in [0.4, 0.5) is 10.5 Å². The van der Waals surface area contributed by atoms with Crippen LogP contribution in [0.15, 0.2) is 18.2 Å². The van der Waals surface area contributed by atoms with Crippen molar-refractivity contribution in [3.05, 3.63) is 29.3 Å². The Morgan fingerprint density at radius 2 is 2.11 bits per heavy atom. The second-order valence-electron chi connectivity index (χ2n) is 4.97. The second-order valence-corrected chi connectivity index (χ2v) is 4.97. The van der Waals surface area contributed by atoms with Crippen LogP contribution in [0.5, 0.6) is 0 Å². The standard InChI is InChI=1S/C14H18N2O3/c1-9-7-11(13(17)18)5-6-12(9)16-14(19)15-8-10-3-2-4-10/h5-7,10H,2-4,8H2,1H3,(H,17,18)(H2,15,16,19). The Morgan fingerprint density at radius 1 is 1.37 bits per heavy atom. The van der Waals surface area contributed by atoms with Gasteiger partial charge in [0.1, 0.15) is 0 Å². The number of aromatic carboxylic acids is 1. The van der Waals surface area contributed by atoms with Crippen LogP contribution in [0.2, 0.25) is 0 Å². The third-order valence-corrected chi connectivity index (χ3v) is 3.50. The molecule has 1 aliphatic rings. The molecule has 3 N–H and O–H groups in total. The normalized spacial score (nSPS) is 14.6. The molecule has 0 bridgehead atoms. The highest BCUT2D eigenvalue weighted by Gasteiger charge is 2.18. The number of benzene rings is 1. The molecule has 2 rings (SSSR count). The van der Waals surface area contributed by atoms with Gasteiger partial charge in [-0.25, -0.2) is 9.59 Å². The number of carboxylic acid groups (broad SMARTS) is 1. The highest BCUT2D eigenvalue weighted by Crippen LogP contribution is 2.25. The number of hydrogen-bond donors (Lipinski definition) is 3. The molecule has 0 unspecified atom stereocenters. The minimum absolute atomic E-state index is 0.220. The molecule has 1 aromatic rings. The molecule has 1 saturated carbocycles. The zero-order chi connectivity index (χ0) is 13.8. The third-order valence-electron chi connectivity index (χ3n) is 3.50. The van der Waals surface area contributed by atoms with Gasteiger partial charge in [0, 0.05) is 12.2 Å². The first kappa shape index (κ1) is 13.4. The van der Waals surface area contributed by atoms with Crippen LogP contribution < -0.4 is 10.6 Å². The van der Waals surface area contributed by atoms with E-state index in [1.54, 1.807) is 19.1 Å². The number of rotatable bonds is 4. The van der Waals surface area contributed by atoms with Crippen molar-refractivity contribution in [1.82, 2.24) is 5.32 Å². The summed E-state index contributed by atoms with van der Waals surface area (Å²) < 4.78 is 0. The van der Waals surface area contributed by atoms with Gasteiger partial charge in [-0.3, -0.25) is 0 Å². The van der Waals surface area contributed by atoms with Gasteiger partial charge in [0.25, 0.3) is 0 Å². The van der Waals surface area contributed by atoms with Gasteiger partial charge in [-0.15, -0.1) is 0 Å². The Morgan fingerprint density at radius 3 is 2.63 bits per heavy atom. The number of carbonyl (C=O) groups is 2. The molecule has 0 atom stereocenters. The maximum absolute atomic E-state index is 11.7. The van der Waals surface area contributed by atoms with Gasteiger partial charge in [-0.2, -0.15) is 0 Å². The molecule has 2 amide bonds. The molecule has 0 aliphatic heterocycles. The van der Waals surface area contributed by atoms with Crippen molar-refractivity contribution in [2.75, 3.05) is 11.9 Å². The minimum atomic E-state index is -0.968. The number of aryl methyl sites for hydroxylation is 1. The van der Waals surface area contributed by atoms with Crippen molar-refractivity contribution in [1.29, 1.82) is 0 Å². The van der Waals surface area contributed by atoms with Gasteiger partial charge in [-0.1, -0.05) is 6.42 Å². The topological polar surface area (TPSA) is 78.4 Å². The Balaban J connectivity index is 1.90. The Bertz CT molecular complexity index is 495. The first-order valence-electron chi connectivity index (χ1n) is 6.45. The van der Waals surface area contributed by atoms with Crippen molar-refractivity contribution >= 4 is 17.7 Å². The van der Waals surface area contributed by atoms with E-state index in [9.17, 15) is 9.59 Å². The van der Waals surface area contributed by atoms with Crippen molar-refractivity contribution < 1.29 is 14.7 Å². The fourth-order valence-electron chi connectivity index (χ4n) is 2.04. The van der Waals surface area contributed by atoms with Crippen LogP contribution in [0, 0.1) is 12.8 Å². The molecule has 19 heavy (non-hydrogen) atoms. The lowest BCUT2D eigenvalue weighted by molar-refractivity contribution is 0.0697. The van der Waals surface area contributed by atoms with Gasteiger partial charge in [0.2, 0.25) is 0 Å². The first-order valence-corrected chi connectivity index (χ1v) is 6.45. The molecule has 5 heteroatoms. The monoisotopic (exact) mass is 262 g/mol. The van der Waals surface area contributed by atoms with Gasteiger partial charge in [0.15, 0.2) is 0 Å². The van der Waals surface area contributed by atoms with Gasteiger partial charge in [0.05, 0.1) is 5.56 Å². The number of hydrogen-bond acceptors (Lipinski definition) is 2. The number of urea groups is 1. The summed E-state index contributed by atoms with van der Waals surface area (Å²) in [6.45, 7) is 2.48. The first-order chi connectivity index (χ1) is 9.06. The quantitative estimate of drug-likeness (QED) is 0.780. The highest BCUT2D eigenvalue weighted by molar-refractivity contribution is 5.92. The summed E-state index contributed by atoms with van der Waals surface area (Å²) in [5, 5.41) is 14.4. The molecular weight excluding hydrogens is 244 g/mol. The van der Waals surface area contributed by atoms with E-state index in [0.717, 1.165) is 5.56 Å². The lowest BCUT2D eigenvalue weighted by Gasteiger charge is -2.25. The average Bonchev–Trinajstić information content (AvgIpc) is 2.29. The predicted octanol–water partition coefficient (Wildman–Crippen LogP) is 2.61. The van der Waals surface area contributed by atoms with E-state index >= 15 is 0 Å². The average molecular weight is 262 g/mol. The molecule has 0 aromatic heterocycles. The SMILES string of the molecule is Cc1cc(C(=O)O)ccc1NC(=O)NCC1CCC1. The van der Waals surface area contributed by atoms with Gasteiger partial charge in [-0.05, 0) is 49.4 Å². The van der Waals surface area contributed by atoms with Crippen molar-refractivity contribution in [3.8, 4) is 0 Å². The van der Waals surface area contributed by atoms with Crippen molar-refractivity contribution in [2.45, 2.75) is 26.2 Å². The van der Waals surface area contributed by atoms with E-state index in [2.05, 4.69) is 10.6 Å². The molecule has 1 fully saturated rings. The van der Waals surface area contributed by atoms with Crippen molar-refractivity contribution in [2.24, 2.45) is 5.92 Å². The summed E-state index contributed by atoms with van der Waals surface area (Å²) in [5.41, 5.74) is 1.59. The zero-order valence-corrected chi connectivity index (χ0v) is 10.9. The number of carboxylic acids is 1. The summed E-state index contributed by atoms with van der Waals surface area (Å²) in [6.07, 6.45) is 3.63. The molecule has 0 spiro atoms. The smallest absolute Gasteiger partial charge is 0.335 e. The van der Waals surface area contributed by atoms with Crippen LogP contribution in [-0.4, -0.2) is 23.7 Å². The third kappa shape index (κ3) is 3.47. The van der Waals surface area contributed by atoms with Gasteiger partial charge < -0.3 is 15.7 Å². The molecule has 102 valence electrons. The van der Waals surface area contributed by atoms with Crippen LogP contribution in [0.1, 0.15) is 35.2 Å². The molecule has 1 aliphatic carbocycles. The molecule has 0 radical (unpaired) electrons. The second kappa shape index (κ2) is 5.73. The predicted molar refractivity (Wildman–Crippen MR) is 72.5 cm³/mol. The summed E-state index contributed by atoms with van der Waals surface area (Å²) in [5.74, 6) is -0.356. The largest absolute Gasteiger partial charge is 0.478 e. The van der Waals surface area contributed by atoms with Crippen LogP contribution in [0.3, 0.4) is 0 Å². The van der Waals surface area contributed by atoms with E-state index in [1.165, 1.54) is 25.3 Å². The number of nitrogens with one attached hydrogen (secondary N) is 2. The molecule has 5 nitrogen and oxygen atoms in total. The fourth-order valence-corrected chi connectivity index (χ4v) is 2.04. The summed E-state index contributed by atoms with van der Waals surface area (Å²) in [6, 6.07) is 4.40. The fraction of sp³-hybridized carbons (Fsp3) is 0.429. The molecule has 0 saturated heterocycles. The van der Waals surface area contributed by atoms with Gasteiger partial charge >= 0.3 is 12.0 Å². The molecule has 1 aromatic carbocycles. The summed E-state index contributed by atoms with van der Waals surface area (Å²) in [7, 11) is 0. The highest BCUT2D eigenvalue weighted by atomic mass is 16.4. The number of anilines is 1.